The van der Waals surface area contributed by atoms with Crippen LogP contribution in [-0.4, -0.2) is 33.4 Å². The van der Waals surface area contributed by atoms with Crippen LogP contribution in [-0.2, 0) is 10.0 Å². The Balaban J connectivity index is 2.18. The molecule has 0 aliphatic heterocycles. The van der Waals surface area contributed by atoms with Gasteiger partial charge in [0.2, 0.25) is 10.0 Å². The molecule has 21 heavy (non-hydrogen) atoms. The van der Waals surface area contributed by atoms with Crippen LogP contribution in [0.3, 0.4) is 0 Å². The van der Waals surface area contributed by atoms with Crippen molar-refractivity contribution in [2.24, 2.45) is 5.41 Å². The molecule has 1 saturated carbocycles. The van der Waals surface area contributed by atoms with Gasteiger partial charge >= 0.3 is 0 Å². The molecule has 0 spiro atoms. The van der Waals surface area contributed by atoms with Gasteiger partial charge in [-0.25, -0.2) is 12.7 Å². The van der Waals surface area contributed by atoms with E-state index in [4.69, 9.17) is 0 Å². The molecule has 5 heteroatoms. The quantitative estimate of drug-likeness (QED) is 0.907. The standard InChI is InChI=1S/C16H26N2O2S/c1-16(11-7-4-8-12-16)13-17-14-9-5-6-10-15(14)21(19,20)18(2)3/h5-6,9-10,17H,4,7-8,11-13H2,1-3H3. The summed E-state index contributed by atoms with van der Waals surface area (Å²) in [7, 11) is -0.281. The Bertz CT molecular complexity index is 576. The van der Waals surface area contributed by atoms with E-state index in [-0.39, 0.29) is 5.41 Å². The largest absolute Gasteiger partial charge is 0.383 e. The highest BCUT2D eigenvalue weighted by atomic mass is 32.2. The lowest BCUT2D eigenvalue weighted by atomic mass is 9.76. The van der Waals surface area contributed by atoms with E-state index in [1.54, 1.807) is 26.2 Å². The summed E-state index contributed by atoms with van der Waals surface area (Å²) in [6, 6.07) is 7.16. The first-order chi connectivity index (χ1) is 9.85. The van der Waals surface area contributed by atoms with Crippen molar-refractivity contribution in [2.45, 2.75) is 43.9 Å². The summed E-state index contributed by atoms with van der Waals surface area (Å²) < 4.78 is 26.0. The number of nitrogens with one attached hydrogen (secondary N) is 1. The monoisotopic (exact) mass is 310 g/mol. The van der Waals surface area contributed by atoms with Crippen molar-refractivity contribution < 1.29 is 8.42 Å². The zero-order chi connectivity index (χ0) is 15.5. The van der Waals surface area contributed by atoms with Crippen LogP contribution in [0.5, 0.6) is 0 Å². The fraction of sp³-hybridized carbons (Fsp3) is 0.625. The van der Waals surface area contributed by atoms with Gasteiger partial charge in [-0.05, 0) is 30.4 Å². The summed E-state index contributed by atoms with van der Waals surface area (Å²) in [6.07, 6.45) is 6.29. The maximum Gasteiger partial charge on any atom is 0.244 e. The van der Waals surface area contributed by atoms with Gasteiger partial charge < -0.3 is 5.32 Å². The number of sulfonamides is 1. The van der Waals surface area contributed by atoms with Gasteiger partial charge in [-0.2, -0.15) is 0 Å². The van der Waals surface area contributed by atoms with E-state index in [1.807, 2.05) is 12.1 Å². The number of hydrogen-bond donors (Lipinski definition) is 1. The zero-order valence-corrected chi connectivity index (χ0v) is 14.0. The Morgan fingerprint density at radius 2 is 1.76 bits per heavy atom. The van der Waals surface area contributed by atoms with Crippen LogP contribution in [0.1, 0.15) is 39.0 Å². The van der Waals surface area contributed by atoms with Gasteiger partial charge in [0.15, 0.2) is 0 Å². The molecule has 0 saturated heterocycles. The van der Waals surface area contributed by atoms with Gasteiger partial charge in [-0.3, -0.25) is 0 Å². The summed E-state index contributed by atoms with van der Waals surface area (Å²) in [6.45, 7) is 3.12. The molecule has 1 aliphatic carbocycles. The van der Waals surface area contributed by atoms with Crippen molar-refractivity contribution in [3.05, 3.63) is 24.3 Å². The zero-order valence-electron chi connectivity index (χ0n) is 13.2. The minimum absolute atomic E-state index is 0.271. The first-order valence-corrected chi connectivity index (χ1v) is 9.05. The Morgan fingerprint density at radius 1 is 1.14 bits per heavy atom. The summed E-state index contributed by atoms with van der Waals surface area (Å²) in [5, 5.41) is 3.38. The molecular weight excluding hydrogens is 284 g/mol. The van der Waals surface area contributed by atoms with Crippen molar-refractivity contribution in [1.29, 1.82) is 0 Å². The lowest BCUT2D eigenvalue weighted by molar-refractivity contribution is 0.233. The van der Waals surface area contributed by atoms with E-state index >= 15 is 0 Å². The summed E-state index contributed by atoms with van der Waals surface area (Å²) in [5.74, 6) is 0. The van der Waals surface area contributed by atoms with Gasteiger partial charge in [0, 0.05) is 20.6 Å². The molecule has 0 unspecified atom stereocenters. The van der Waals surface area contributed by atoms with Crippen LogP contribution in [0.2, 0.25) is 0 Å². The molecule has 0 heterocycles. The van der Waals surface area contributed by atoms with E-state index in [2.05, 4.69) is 12.2 Å². The molecule has 1 aromatic carbocycles. The third kappa shape index (κ3) is 3.77. The second kappa shape index (κ2) is 6.36. The van der Waals surface area contributed by atoms with E-state index in [9.17, 15) is 8.42 Å². The molecule has 0 bridgehead atoms. The lowest BCUT2D eigenvalue weighted by Gasteiger charge is -2.34. The summed E-state index contributed by atoms with van der Waals surface area (Å²) >= 11 is 0. The third-order valence-electron chi connectivity index (χ3n) is 4.41. The molecule has 0 aromatic heterocycles. The predicted octanol–water partition coefficient (Wildman–Crippen LogP) is 3.32. The van der Waals surface area contributed by atoms with Gasteiger partial charge in [0.1, 0.15) is 4.90 Å². The minimum Gasteiger partial charge on any atom is -0.383 e. The molecule has 0 radical (unpaired) electrons. The van der Waals surface area contributed by atoms with E-state index in [1.165, 1.54) is 36.4 Å². The van der Waals surface area contributed by atoms with Crippen molar-refractivity contribution in [2.75, 3.05) is 26.0 Å². The van der Waals surface area contributed by atoms with Gasteiger partial charge in [0.05, 0.1) is 5.69 Å². The molecule has 1 fully saturated rings. The Kier molecular flexibility index (Phi) is 4.94. The molecule has 1 aromatic rings. The number of anilines is 1. The number of para-hydroxylation sites is 1. The molecule has 118 valence electrons. The van der Waals surface area contributed by atoms with Crippen molar-refractivity contribution >= 4 is 15.7 Å². The van der Waals surface area contributed by atoms with Gasteiger partial charge in [-0.1, -0.05) is 38.3 Å². The first kappa shape index (κ1) is 16.3. The predicted molar refractivity (Wildman–Crippen MR) is 87.0 cm³/mol. The van der Waals surface area contributed by atoms with E-state index in [0.717, 1.165) is 6.54 Å². The SMILES string of the molecule is CN(C)S(=O)(=O)c1ccccc1NCC1(C)CCCCC1. The normalized spacial score (nSPS) is 18.7. The van der Waals surface area contributed by atoms with Crippen molar-refractivity contribution in [3.63, 3.8) is 0 Å². The number of rotatable bonds is 5. The topological polar surface area (TPSA) is 49.4 Å². The van der Waals surface area contributed by atoms with E-state index in [0.29, 0.717) is 10.6 Å². The molecule has 0 amide bonds. The average molecular weight is 310 g/mol. The van der Waals surface area contributed by atoms with Crippen LogP contribution in [0.25, 0.3) is 0 Å². The molecular formula is C16H26N2O2S. The smallest absolute Gasteiger partial charge is 0.244 e. The highest BCUT2D eigenvalue weighted by Crippen LogP contribution is 2.36. The first-order valence-electron chi connectivity index (χ1n) is 7.61. The van der Waals surface area contributed by atoms with Crippen LogP contribution in [0.15, 0.2) is 29.2 Å². The van der Waals surface area contributed by atoms with Crippen LogP contribution in [0.4, 0.5) is 5.69 Å². The number of nitrogens with zero attached hydrogens (tertiary/aromatic N) is 1. The maximum atomic E-state index is 12.4. The Hall–Kier alpha value is -1.07. The molecule has 0 atom stereocenters. The third-order valence-corrected chi connectivity index (χ3v) is 6.29. The molecule has 2 rings (SSSR count). The fourth-order valence-corrected chi connectivity index (χ4v) is 3.99. The van der Waals surface area contributed by atoms with Crippen LogP contribution < -0.4 is 5.32 Å². The number of benzene rings is 1. The lowest BCUT2D eigenvalue weighted by Crippen LogP contribution is -2.30. The molecule has 1 aliphatic rings. The summed E-state index contributed by atoms with van der Waals surface area (Å²) in [4.78, 5) is 0.356. The minimum atomic E-state index is -3.41. The van der Waals surface area contributed by atoms with Crippen molar-refractivity contribution in [1.82, 2.24) is 4.31 Å². The summed E-state index contributed by atoms with van der Waals surface area (Å²) in [5.41, 5.74) is 0.978. The number of hydrogen-bond acceptors (Lipinski definition) is 3. The maximum absolute atomic E-state index is 12.4. The second-order valence-corrected chi connectivity index (χ2v) is 8.63. The molecule has 4 nitrogen and oxygen atoms in total. The Labute approximate surface area is 128 Å². The van der Waals surface area contributed by atoms with Gasteiger partial charge in [-0.15, -0.1) is 0 Å². The van der Waals surface area contributed by atoms with E-state index < -0.39 is 10.0 Å². The van der Waals surface area contributed by atoms with Crippen molar-refractivity contribution in [3.8, 4) is 0 Å². The Morgan fingerprint density at radius 3 is 2.38 bits per heavy atom. The van der Waals surface area contributed by atoms with Crippen LogP contribution >= 0.6 is 0 Å². The molecule has 1 N–H and O–H groups in total. The second-order valence-electron chi connectivity index (χ2n) is 6.51. The highest BCUT2D eigenvalue weighted by Gasteiger charge is 2.27. The fourth-order valence-electron chi connectivity index (χ4n) is 2.93. The highest BCUT2D eigenvalue weighted by molar-refractivity contribution is 7.89. The van der Waals surface area contributed by atoms with Crippen LogP contribution in [0, 0.1) is 5.41 Å². The van der Waals surface area contributed by atoms with Gasteiger partial charge in [0.25, 0.3) is 0 Å². The average Bonchev–Trinajstić information content (AvgIpc) is 2.46.